The van der Waals surface area contributed by atoms with Crippen LogP contribution in [0.5, 0.6) is 0 Å². The lowest BCUT2D eigenvalue weighted by Gasteiger charge is -2.20. The van der Waals surface area contributed by atoms with Crippen molar-refractivity contribution < 1.29 is 12.6 Å². The molecule has 0 N–H and O–H groups in total. The van der Waals surface area contributed by atoms with E-state index in [4.69, 9.17) is 12.6 Å². The number of rotatable bonds is 4. The molecule has 49 heavy (non-hydrogen) atoms. The van der Waals surface area contributed by atoms with Crippen LogP contribution in [-0.4, -0.2) is 0 Å². The zero-order valence-corrected chi connectivity index (χ0v) is 26.3. The Hall–Kier alpha value is -6.44. The summed E-state index contributed by atoms with van der Waals surface area (Å²) in [5.41, 5.74) is 8.92. The van der Waals surface area contributed by atoms with Gasteiger partial charge in [0.25, 0.3) is 0 Å². The van der Waals surface area contributed by atoms with Crippen LogP contribution in [0.3, 0.4) is 0 Å². The molecule has 1 nitrogen and oxygen atoms in total. The van der Waals surface area contributed by atoms with E-state index in [9.17, 15) is 0 Å². The minimum Gasteiger partial charge on any atom is -0.456 e. The van der Waals surface area contributed by atoms with Gasteiger partial charge < -0.3 is 4.42 Å². The largest absolute Gasteiger partial charge is 0.456 e. The lowest BCUT2D eigenvalue weighted by molar-refractivity contribution is 0.669. The minimum atomic E-state index is -0.432. The van der Waals surface area contributed by atoms with E-state index in [1.807, 2.05) is 36.4 Å². The highest BCUT2D eigenvalue weighted by Crippen LogP contribution is 2.48. The highest BCUT2D eigenvalue weighted by Gasteiger charge is 2.22. The Kier molecular flexibility index (Phi) is 5.02. The van der Waals surface area contributed by atoms with Gasteiger partial charge in [0.05, 0.1) is 8.22 Å². The molecule has 0 amide bonds. The van der Waals surface area contributed by atoms with Gasteiger partial charge in [-0.3, -0.25) is 0 Å². The normalized spacial score (nSPS) is 13.4. The second-order valence-electron chi connectivity index (χ2n) is 12.4. The summed E-state index contributed by atoms with van der Waals surface area (Å²) >= 11 is 0. The first kappa shape index (κ1) is 22.2. The Labute approximate surface area is 292 Å². The third kappa shape index (κ3) is 4.40. The maximum absolute atomic E-state index is 8.99. The van der Waals surface area contributed by atoms with Crippen LogP contribution in [0.2, 0.25) is 0 Å². The third-order valence-electron chi connectivity index (χ3n) is 9.61. The van der Waals surface area contributed by atoms with Gasteiger partial charge in [0, 0.05) is 10.8 Å². The van der Waals surface area contributed by atoms with Crippen LogP contribution >= 0.6 is 0 Å². The van der Waals surface area contributed by atoms with Gasteiger partial charge in [-0.05, 0) is 101 Å². The minimum absolute atomic E-state index is 0.0143. The van der Waals surface area contributed by atoms with Crippen molar-refractivity contribution in [2.45, 2.75) is 0 Å². The van der Waals surface area contributed by atoms with Crippen molar-refractivity contribution in [1.29, 1.82) is 0 Å². The van der Waals surface area contributed by atoms with E-state index in [-0.39, 0.29) is 40.5 Å². The first-order valence-electron chi connectivity index (χ1n) is 19.4. The predicted octanol–water partition coefficient (Wildman–Crippen LogP) is 13.7. The molecule has 1 heterocycles. The van der Waals surface area contributed by atoms with E-state index in [0.29, 0.717) is 16.4 Å². The van der Waals surface area contributed by atoms with Crippen molar-refractivity contribution in [2.75, 3.05) is 0 Å². The van der Waals surface area contributed by atoms with Gasteiger partial charge in [-0.25, -0.2) is 0 Å². The molecular weight excluding hydrogens is 593 g/mol. The monoisotopic (exact) mass is 628 g/mol. The molecular formula is C48H30O. The molecule has 0 aliphatic carbocycles. The predicted molar refractivity (Wildman–Crippen MR) is 208 cm³/mol. The lowest BCUT2D eigenvalue weighted by atomic mass is 9.83. The fourth-order valence-electron chi connectivity index (χ4n) is 7.47. The van der Waals surface area contributed by atoms with E-state index in [0.717, 1.165) is 66.1 Å². The Morgan fingerprint density at radius 2 is 0.959 bits per heavy atom. The molecule has 9 aromatic carbocycles. The number of benzene rings is 9. The quantitative estimate of drug-likeness (QED) is 0.177. The van der Waals surface area contributed by atoms with Gasteiger partial charge >= 0.3 is 0 Å². The van der Waals surface area contributed by atoms with Crippen LogP contribution in [0, 0.1) is 0 Å². The van der Waals surface area contributed by atoms with E-state index >= 15 is 0 Å². The van der Waals surface area contributed by atoms with E-state index in [1.165, 1.54) is 0 Å². The molecule has 0 saturated carbocycles. The van der Waals surface area contributed by atoms with Gasteiger partial charge in [0.2, 0.25) is 0 Å². The molecule has 0 atom stereocenters. The molecule has 0 aliphatic heterocycles. The average molecular weight is 629 g/mol. The number of fused-ring (bicyclic) bond motifs is 7. The maximum atomic E-state index is 8.99. The van der Waals surface area contributed by atoms with Crippen molar-refractivity contribution in [3.05, 3.63) is 182 Å². The van der Waals surface area contributed by atoms with Crippen LogP contribution in [0.25, 0.3) is 98.8 Å². The van der Waals surface area contributed by atoms with Crippen molar-refractivity contribution in [2.24, 2.45) is 0 Å². The summed E-state index contributed by atoms with van der Waals surface area (Å²) in [6.07, 6.45) is 0. The van der Waals surface area contributed by atoms with Crippen molar-refractivity contribution in [1.82, 2.24) is 0 Å². The van der Waals surface area contributed by atoms with Crippen molar-refractivity contribution in [3.8, 4) is 44.5 Å². The van der Waals surface area contributed by atoms with Gasteiger partial charge in [-0.1, -0.05) is 158 Å². The Morgan fingerprint density at radius 1 is 0.367 bits per heavy atom. The van der Waals surface area contributed by atoms with Crippen LogP contribution in [0.4, 0.5) is 0 Å². The topological polar surface area (TPSA) is 13.1 Å². The smallest absolute Gasteiger partial charge is 0.136 e. The molecule has 1 heteroatoms. The summed E-state index contributed by atoms with van der Waals surface area (Å²) < 4.78 is 58.8. The molecule has 228 valence electrons. The zero-order valence-electron chi connectivity index (χ0n) is 32.3. The summed E-state index contributed by atoms with van der Waals surface area (Å²) in [4.78, 5) is 0. The number of hydrogen-bond acceptors (Lipinski definition) is 1. The van der Waals surface area contributed by atoms with E-state index < -0.39 is 12.1 Å². The molecule has 1 aromatic heterocycles. The lowest BCUT2D eigenvalue weighted by Crippen LogP contribution is -1.93. The second kappa shape index (κ2) is 11.1. The Balaban J connectivity index is 1.34. The molecule has 10 aromatic rings. The average Bonchev–Trinajstić information content (AvgIpc) is 3.61. The number of furan rings is 1. The first-order chi connectivity index (χ1) is 26.8. The van der Waals surface area contributed by atoms with E-state index in [2.05, 4.69) is 109 Å². The van der Waals surface area contributed by atoms with Gasteiger partial charge in [-0.15, -0.1) is 0 Å². The van der Waals surface area contributed by atoms with Crippen LogP contribution in [-0.2, 0) is 0 Å². The van der Waals surface area contributed by atoms with E-state index in [1.54, 1.807) is 0 Å². The Bertz CT molecular complexity index is 3150. The molecule has 0 aliphatic rings. The molecule has 0 fully saturated rings. The van der Waals surface area contributed by atoms with Gasteiger partial charge in [0.15, 0.2) is 0 Å². The number of hydrogen-bond donors (Lipinski definition) is 0. The molecule has 0 saturated heterocycles. The van der Waals surface area contributed by atoms with Crippen molar-refractivity contribution >= 4 is 54.3 Å². The molecule has 0 spiro atoms. The molecule has 0 unspecified atom stereocenters. The molecule has 0 bridgehead atoms. The maximum Gasteiger partial charge on any atom is 0.136 e. The third-order valence-corrected chi connectivity index (χ3v) is 9.61. The highest BCUT2D eigenvalue weighted by molar-refractivity contribution is 6.25. The Morgan fingerprint density at radius 3 is 1.67 bits per heavy atom. The fourth-order valence-corrected chi connectivity index (χ4v) is 7.47. The summed E-state index contributed by atoms with van der Waals surface area (Å²) in [6, 6.07) is 48.3. The second-order valence-corrected chi connectivity index (χ2v) is 12.4. The summed E-state index contributed by atoms with van der Waals surface area (Å²) in [6.45, 7) is 0. The van der Waals surface area contributed by atoms with Crippen LogP contribution < -0.4 is 0 Å². The van der Waals surface area contributed by atoms with Gasteiger partial charge in [-0.2, -0.15) is 0 Å². The molecule has 0 radical (unpaired) electrons. The standard InChI is InChI=1S/C48H30O/c1-3-14-31(15-4-1)34-19-13-20-35(28-34)46-37-22-9-11-24-39(37)47(40-25-12-10-23-38(40)46)42-30-45-43(29-41(42)32-16-5-2-6-17-32)48-36-21-8-7-18-33(36)26-27-44(48)49-45/h1-30H/i7D,8D,18D,21D,26D,27D. The van der Waals surface area contributed by atoms with Gasteiger partial charge in [0.1, 0.15) is 11.2 Å². The van der Waals surface area contributed by atoms with Crippen LogP contribution in [0.15, 0.2) is 186 Å². The fraction of sp³-hybridized carbons (Fsp3) is 0. The van der Waals surface area contributed by atoms with Crippen molar-refractivity contribution in [3.63, 3.8) is 0 Å². The zero-order chi connectivity index (χ0) is 37.5. The SMILES string of the molecule is [2H]c1c([2H])c([2H])c2c(c1[2H])c([2H])c([2H])c1oc3cc(-c4c5ccccc5c(-c5cccc(-c6ccccc6)c5)c5ccccc45)c(-c4ccccc4)cc3c12. The summed E-state index contributed by atoms with van der Waals surface area (Å²) in [7, 11) is 0. The molecule has 10 rings (SSSR count). The highest BCUT2D eigenvalue weighted by atomic mass is 16.3. The first-order valence-corrected chi connectivity index (χ1v) is 16.4. The van der Waals surface area contributed by atoms with Crippen LogP contribution in [0.1, 0.15) is 8.22 Å². The summed E-state index contributed by atoms with van der Waals surface area (Å²) in [5.74, 6) is 0. The summed E-state index contributed by atoms with van der Waals surface area (Å²) in [5, 5.41) is 5.53.